The molecule has 0 saturated carbocycles. The normalized spacial score (nSPS) is 16.1. The molecule has 1 nitrogen and oxygen atoms in total. The minimum Gasteiger partial charge on any atom is -0.286 e. The lowest BCUT2D eigenvalue weighted by molar-refractivity contribution is -0.184. The Morgan fingerprint density at radius 1 is 0.607 bits per heavy atom. The van der Waals surface area contributed by atoms with Crippen LogP contribution in [0.15, 0.2) is 0 Å². The summed E-state index contributed by atoms with van der Waals surface area (Å²) in [4.78, 5) is 11.7. The quantitative estimate of drug-likeness (QED) is 0.232. The second kappa shape index (κ2) is 10.1. The van der Waals surface area contributed by atoms with E-state index in [0.717, 1.165) is 13.8 Å². The molecule has 2 atom stereocenters. The zero-order valence-electron chi connectivity index (χ0n) is 15.5. The van der Waals surface area contributed by atoms with Gasteiger partial charge < -0.3 is 0 Å². The predicted octanol–water partition coefficient (Wildman–Crippen LogP) is 7.34. The molecular weight excluding hydrogens is 410 g/mol. The van der Waals surface area contributed by atoms with Gasteiger partial charge in [0.05, 0.1) is 0 Å². The molecule has 0 spiro atoms. The van der Waals surface area contributed by atoms with E-state index in [-0.39, 0.29) is 12.8 Å². The maximum atomic E-state index is 14.1. The minimum absolute atomic E-state index is 0.317. The van der Waals surface area contributed by atoms with Gasteiger partial charge in [-0.15, -0.1) is 0 Å². The molecule has 0 saturated heterocycles. The number of hydrogen-bond acceptors (Lipinski definition) is 1. The van der Waals surface area contributed by atoms with Gasteiger partial charge in [-0.25, -0.2) is 0 Å². The van der Waals surface area contributed by atoms with Crippen LogP contribution in [0, 0.1) is 11.8 Å². The first-order chi connectivity index (χ1) is 12.4. The number of carbonyl (C=O) groups is 1. The van der Waals surface area contributed by atoms with E-state index in [1.807, 2.05) is 0 Å². The Hall–Kier alpha value is -1.03. The fourth-order valence-electron chi connectivity index (χ4n) is 2.58. The summed E-state index contributed by atoms with van der Waals surface area (Å²) in [6, 6.07) is 0. The molecule has 168 valence electrons. The van der Waals surface area contributed by atoms with Crippen LogP contribution >= 0.6 is 0 Å². The molecule has 0 N–H and O–H groups in total. The summed E-state index contributed by atoms with van der Waals surface area (Å²) in [7, 11) is 0. The average molecular weight is 434 g/mol. The SMILES string of the molecule is CC(CCCCC(F)(F)F)C(F)(F)C(=O)C(F)(F)C(C)CCCCC(F)(F)F. The summed E-state index contributed by atoms with van der Waals surface area (Å²) >= 11 is 0. The maximum absolute atomic E-state index is 14.1. The Labute approximate surface area is 156 Å². The largest absolute Gasteiger partial charge is 0.389 e. The first-order valence-electron chi connectivity index (χ1n) is 8.85. The van der Waals surface area contributed by atoms with Crippen LogP contribution in [0.2, 0.25) is 0 Å². The number of Topliss-reactive ketones (excluding diaryl/α,β-unsaturated/α-hetero) is 1. The third kappa shape index (κ3) is 9.45. The van der Waals surface area contributed by atoms with Crippen molar-refractivity contribution in [3.63, 3.8) is 0 Å². The van der Waals surface area contributed by atoms with E-state index in [4.69, 9.17) is 0 Å². The lowest BCUT2D eigenvalue weighted by Gasteiger charge is -2.29. The molecule has 0 aromatic rings. The van der Waals surface area contributed by atoms with Crippen LogP contribution < -0.4 is 0 Å². The van der Waals surface area contributed by atoms with E-state index in [1.165, 1.54) is 0 Å². The van der Waals surface area contributed by atoms with Gasteiger partial charge in [-0.3, -0.25) is 4.79 Å². The zero-order chi connectivity index (χ0) is 22.4. The highest BCUT2D eigenvalue weighted by molar-refractivity contribution is 5.92. The van der Waals surface area contributed by atoms with Gasteiger partial charge in [-0.1, -0.05) is 26.7 Å². The Balaban J connectivity index is 4.71. The van der Waals surface area contributed by atoms with Crippen molar-refractivity contribution in [2.45, 2.75) is 89.4 Å². The van der Waals surface area contributed by atoms with Gasteiger partial charge in [0.2, 0.25) is 0 Å². The lowest BCUT2D eigenvalue weighted by atomic mass is 9.85. The highest BCUT2D eigenvalue weighted by Gasteiger charge is 2.58. The molecule has 0 amide bonds. The Morgan fingerprint density at radius 2 is 0.893 bits per heavy atom. The number of halogens is 10. The second-order valence-corrected chi connectivity index (χ2v) is 7.10. The Kier molecular flexibility index (Phi) is 9.76. The fourth-order valence-corrected chi connectivity index (χ4v) is 2.58. The molecule has 0 aromatic heterocycles. The maximum Gasteiger partial charge on any atom is 0.389 e. The Bertz CT molecular complexity index is 439. The number of alkyl halides is 10. The summed E-state index contributed by atoms with van der Waals surface area (Å²) in [5.41, 5.74) is 0. The number of carbonyl (C=O) groups excluding carboxylic acids is 1. The fraction of sp³-hybridized carbons (Fsp3) is 0.941. The molecule has 0 aliphatic heterocycles. The van der Waals surface area contributed by atoms with E-state index >= 15 is 0 Å². The second-order valence-electron chi connectivity index (χ2n) is 7.10. The molecule has 2 unspecified atom stereocenters. The summed E-state index contributed by atoms with van der Waals surface area (Å²) in [6.45, 7) is 1.60. The van der Waals surface area contributed by atoms with Gasteiger partial charge in [0.25, 0.3) is 5.78 Å². The molecule has 0 heterocycles. The van der Waals surface area contributed by atoms with Gasteiger partial charge in [0.15, 0.2) is 0 Å². The van der Waals surface area contributed by atoms with Crippen molar-refractivity contribution in [3.8, 4) is 0 Å². The topological polar surface area (TPSA) is 17.1 Å². The molecule has 0 aliphatic rings. The average Bonchev–Trinajstić information content (AvgIpc) is 2.52. The standard InChI is InChI=1S/C17H24F10O/c1-11(7-3-5-9-14(18,19)20)16(24,25)13(28)17(26,27)12(2)8-4-6-10-15(21,22)23/h11-12H,3-10H2,1-2H3. The lowest BCUT2D eigenvalue weighted by Crippen LogP contribution is -2.49. The smallest absolute Gasteiger partial charge is 0.286 e. The van der Waals surface area contributed by atoms with Gasteiger partial charge in [-0.05, 0) is 25.7 Å². The summed E-state index contributed by atoms with van der Waals surface area (Å²) in [5.74, 6) is -15.3. The molecule has 28 heavy (non-hydrogen) atoms. The van der Waals surface area contributed by atoms with E-state index in [0.29, 0.717) is 0 Å². The number of ketones is 1. The van der Waals surface area contributed by atoms with Crippen LogP contribution in [0.1, 0.15) is 65.2 Å². The molecule has 0 bridgehead atoms. The van der Waals surface area contributed by atoms with Crippen molar-refractivity contribution < 1.29 is 48.7 Å². The van der Waals surface area contributed by atoms with Gasteiger partial charge in [0.1, 0.15) is 0 Å². The monoisotopic (exact) mass is 434 g/mol. The zero-order valence-corrected chi connectivity index (χ0v) is 15.5. The molecular formula is C17H24F10O. The molecule has 0 aliphatic carbocycles. The molecule has 11 heteroatoms. The predicted molar refractivity (Wildman–Crippen MR) is 82.3 cm³/mol. The van der Waals surface area contributed by atoms with E-state index < -0.39 is 80.3 Å². The van der Waals surface area contributed by atoms with Crippen molar-refractivity contribution in [1.29, 1.82) is 0 Å². The van der Waals surface area contributed by atoms with Crippen molar-refractivity contribution in [1.82, 2.24) is 0 Å². The first kappa shape index (κ1) is 27.0. The summed E-state index contributed by atoms with van der Waals surface area (Å²) in [6.07, 6.45) is -14.0. The summed E-state index contributed by atoms with van der Waals surface area (Å²) in [5, 5.41) is 0. The molecule has 0 fully saturated rings. The number of hydrogen-bond donors (Lipinski definition) is 0. The van der Waals surface area contributed by atoms with Crippen LogP contribution in [0.5, 0.6) is 0 Å². The molecule has 0 radical (unpaired) electrons. The number of unbranched alkanes of at least 4 members (excludes halogenated alkanes) is 2. The van der Waals surface area contributed by atoms with Crippen LogP contribution in [0.25, 0.3) is 0 Å². The highest BCUT2D eigenvalue weighted by atomic mass is 19.4. The van der Waals surface area contributed by atoms with E-state index in [2.05, 4.69) is 0 Å². The van der Waals surface area contributed by atoms with Crippen molar-refractivity contribution in [2.24, 2.45) is 11.8 Å². The van der Waals surface area contributed by atoms with Crippen molar-refractivity contribution in [3.05, 3.63) is 0 Å². The van der Waals surface area contributed by atoms with Crippen LogP contribution in [-0.2, 0) is 4.79 Å². The van der Waals surface area contributed by atoms with Crippen LogP contribution in [-0.4, -0.2) is 30.0 Å². The van der Waals surface area contributed by atoms with Crippen LogP contribution in [0.4, 0.5) is 43.9 Å². The molecule has 0 rings (SSSR count). The number of rotatable bonds is 12. The minimum atomic E-state index is -4.46. The van der Waals surface area contributed by atoms with E-state index in [1.54, 1.807) is 0 Å². The van der Waals surface area contributed by atoms with Crippen molar-refractivity contribution >= 4 is 5.78 Å². The van der Waals surface area contributed by atoms with Crippen LogP contribution in [0.3, 0.4) is 0 Å². The molecule has 0 aromatic carbocycles. The highest BCUT2D eigenvalue weighted by Crippen LogP contribution is 2.40. The summed E-state index contributed by atoms with van der Waals surface area (Å²) < 4.78 is 128. The van der Waals surface area contributed by atoms with Crippen molar-refractivity contribution in [2.75, 3.05) is 0 Å². The van der Waals surface area contributed by atoms with Gasteiger partial charge in [0, 0.05) is 24.7 Å². The Morgan fingerprint density at radius 3 is 1.14 bits per heavy atom. The van der Waals surface area contributed by atoms with E-state index in [9.17, 15) is 48.7 Å². The third-order valence-electron chi connectivity index (χ3n) is 4.54. The van der Waals surface area contributed by atoms with Gasteiger partial charge >= 0.3 is 24.2 Å². The van der Waals surface area contributed by atoms with Gasteiger partial charge in [-0.2, -0.15) is 43.9 Å². The third-order valence-corrected chi connectivity index (χ3v) is 4.54. The first-order valence-corrected chi connectivity index (χ1v) is 8.85.